The van der Waals surface area contributed by atoms with Crippen LogP contribution in [0.5, 0.6) is 0 Å². The van der Waals surface area contributed by atoms with Gasteiger partial charge < -0.3 is 14.4 Å². The zero-order valence-corrected chi connectivity index (χ0v) is 13.9. The van der Waals surface area contributed by atoms with Crippen LogP contribution >= 0.6 is 7.60 Å². The van der Waals surface area contributed by atoms with Gasteiger partial charge in [0.05, 0.1) is 28.0 Å². The van der Waals surface area contributed by atoms with E-state index in [0.717, 1.165) is 11.1 Å². The number of carbonyl (C=O) groups is 1. The Morgan fingerprint density at radius 1 is 1.20 bits per heavy atom. The lowest BCUT2D eigenvalue weighted by Crippen LogP contribution is -2.07. The highest BCUT2D eigenvalue weighted by atomic mass is 31.2. The maximum Gasteiger partial charge on any atom is 0.356 e. The molecule has 1 aromatic heterocycles. The lowest BCUT2D eigenvalue weighted by atomic mass is 10.1. The Morgan fingerprint density at radius 2 is 1.92 bits per heavy atom. The minimum Gasteiger partial charge on any atom is -0.321 e. The molecule has 0 aliphatic rings. The van der Waals surface area contributed by atoms with Gasteiger partial charge in [0.15, 0.2) is 12.1 Å². The van der Waals surface area contributed by atoms with Crippen LogP contribution < -0.4 is 5.30 Å². The van der Waals surface area contributed by atoms with Crippen molar-refractivity contribution in [2.45, 2.75) is 13.0 Å². The molecule has 0 bridgehead atoms. The van der Waals surface area contributed by atoms with Gasteiger partial charge in [-0.15, -0.1) is 0 Å². The molecular formula is C17H14N3O4P. The largest absolute Gasteiger partial charge is 0.356 e. The van der Waals surface area contributed by atoms with E-state index in [9.17, 15) is 9.36 Å². The summed E-state index contributed by atoms with van der Waals surface area (Å²) in [5.41, 5.74) is 2.69. The smallest absolute Gasteiger partial charge is 0.321 e. The predicted molar refractivity (Wildman–Crippen MR) is 91.7 cm³/mol. The molecule has 8 heteroatoms. The van der Waals surface area contributed by atoms with Crippen LogP contribution in [0.1, 0.15) is 21.7 Å². The van der Waals surface area contributed by atoms with Crippen molar-refractivity contribution in [2.24, 2.45) is 0 Å². The van der Waals surface area contributed by atoms with E-state index in [1.807, 2.05) is 6.07 Å². The molecule has 1 heterocycles. The fourth-order valence-corrected chi connectivity index (χ4v) is 3.18. The van der Waals surface area contributed by atoms with Crippen molar-refractivity contribution in [3.05, 3.63) is 59.4 Å². The summed E-state index contributed by atoms with van der Waals surface area (Å²) in [6, 6.07) is 13.2. The number of imidazole rings is 1. The first-order chi connectivity index (χ1) is 11.9. The van der Waals surface area contributed by atoms with Gasteiger partial charge in [0.1, 0.15) is 0 Å². The molecule has 0 saturated carbocycles. The Bertz CT molecular complexity index is 1030. The molecule has 3 aromatic rings. The van der Waals surface area contributed by atoms with E-state index in [2.05, 4.69) is 4.98 Å². The molecule has 2 N–H and O–H groups in total. The highest BCUT2D eigenvalue weighted by molar-refractivity contribution is 7.60. The van der Waals surface area contributed by atoms with Gasteiger partial charge in [0.25, 0.3) is 0 Å². The number of carbonyl (C=O) groups excluding carboxylic acids is 1. The van der Waals surface area contributed by atoms with Crippen molar-refractivity contribution >= 4 is 30.2 Å². The van der Waals surface area contributed by atoms with Gasteiger partial charge in [-0.1, -0.05) is 12.1 Å². The van der Waals surface area contributed by atoms with Crippen molar-refractivity contribution in [1.29, 1.82) is 5.26 Å². The van der Waals surface area contributed by atoms with Crippen molar-refractivity contribution < 1.29 is 19.1 Å². The second-order valence-electron chi connectivity index (χ2n) is 5.52. The maximum absolute atomic E-state index is 11.3. The van der Waals surface area contributed by atoms with Gasteiger partial charge in [0.2, 0.25) is 0 Å². The van der Waals surface area contributed by atoms with Gasteiger partial charge in [-0.05, 0) is 42.3 Å². The molecule has 126 valence electrons. The summed E-state index contributed by atoms with van der Waals surface area (Å²) >= 11 is 0. The van der Waals surface area contributed by atoms with E-state index in [1.54, 1.807) is 34.9 Å². The van der Waals surface area contributed by atoms with Crippen molar-refractivity contribution in [2.75, 3.05) is 0 Å². The molecule has 0 atom stereocenters. The third kappa shape index (κ3) is 3.52. The summed E-state index contributed by atoms with van der Waals surface area (Å²) < 4.78 is 13.0. The van der Waals surface area contributed by atoms with Crippen LogP contribution in [0, 0.1) is 11.3 Å². The topological polar surface area (TPSA) is 116 Å². The Labute approximate surface area is 143 Å². The number of rotatable bonds is 5. The summed E-state index contributed by atoms with van der Waals surface area (Å²) in [5, 5.41) is 8.93. The van der Waals surface area contributed by atoms with Crippen molar-refractivity contribution in [3.8, 4) is 6.07 Å². The third-order valence-electron chi connectivity index (χ3n) is 3.91. The molecule has 3 rings (SSSR count). The Kier molecular flexibility index (Phi) is 4.51. The number of hydrogen-bond acceptors (Lipinski definition) is 4. The van der Waals surface area contributed by atoms with Crippen LogP contribution in [-0.2, 0) is 17.5 Å². The molecule has 7 nitrogen and oxygen atoms in total. The van der Waals surface area contributed by atoms with Crippen LogP contribution in [0.4, 0.5) is 0 Å². The average Bonchev–Trinajstić information content (AvgIpc) is 2.96. The summed E-state index contributed by atoms with van der Waals surface area (Å²) in [5.74, 6) is 0.275. The Balaban J connectivity index is 1.87. The summed E-state index contributed by atoms with van der Waals surface area (Å²) in [4.78, 5) is 33.8. The maximum atomic E-state index is 11.3. The number of aldehydes is 1. The lowest BCUT2D eigenvalue weighted by molar-refractivity contribution is 0.111. The quantitative estimate of drug-likeness (QED) is 0.532. The Hall–Kier alpha value is -2.78. The molecule has 2 aromatic carbocycles. The fourth-order valence-electron chi connectivity index (χ4n) is 2.64. The van der Waals surface area contributed by atoms with Crippen LogP contribution in [0.25, 0.3) is 11.0 Å². The zero-order valence-electron chi connectivity index (χ0n) is 13.0. The van der Waals surface area contributed by atoms with Gasteiger partial charge >= 0.3 is 7.60 Å². The van der Waals surface area contributed by atoms with Crippen LogP contribution in [0.3, 0.4) is 0 Å². The summed E-state index contributed by atoms with van der Waals surface area (Å²) in [6.07, 6.45) is 1.23. The molecule has 0 unspecified atom stereocenters. The van der Waals surface area contributed by atoms with E-state index in [1.165, 1.54) is 12.1 Å². The van der Waals surface area contributed by atoms with E-state index < -0.39 is 7.60 Å². The lowest BCUT2D eigenvalue weighted by Gasteiger charge is -2.08. The van der Waals surface area contributed by atoms with E-state index in [0.29, 0.717) is 30.3 Å². The SMILES string of the molecule is N#Cc1ccc2c(c1)nc(C=O)n2CCc1ccc(P(=O)(O)O)cc1. The second-order valence-corrected chi connectivity index (χ2v) is 7.12. The zero-order chi connectivity index (χ0) is 18.0. The van der Waals surface area contributed by atoms with E-state index >= 15 is 0 Å². The average molecular weight is 355 g/mol. The number of fused-ring (bicyclic) bond motifs is 1. The normalized spacial score (nSPS) is 11.4. The third-order valence-corrected chi connectivity index (χ3v) is 4.88. The summed E-state index contributed by atoms with van der Waals surface area (Å²) in [7, 11) is -4.25. The number of nitriles is 1. The number of hydrogen-bond donors (Lipinski definition) is 2. The first-order valence-electron chi connectivity index (χ1n) is 7.43. The molecule has 0 aliphatic carbocycles. The van der Waals surface area contributed by atoms with Crippen molar-refractivity contribution in [1.82, 2.24) is 9.55 Å². The van der Waals surface area contributed by atoms with Crippen molar-refractivity contribution in [3.63, 3.8) is 0 Å². The van der Waals surface area contributed by atoms with Crippen LogP contribution in [0.2, 0.25) is 0 Å². The number of nitrogens with zero attached hydrogens (tertiary/aromatic N) is 3. The van der Waals surface area contributed by atoms with E-state index in [-0.39, 0.29) is 11.1 Å². The number of benzene rings is 2. The molecule has 0 spiro atoms. The fraction of sp³-hybridized carbons (Fsp3) is 0.118. The molecular weight excluding hydrogens is 341 g/mol. The standard InChI is InChI=1S/C17H14N3O4P/c18-10-13-3-6-16-15(9-13)19-17(11-21)20(16)8-7-12-1-4-14(5-2-12)25(22,23)24/h1-6,9,11H,7-8H2,(H2,22,23,24). The highest BCUT2D eigenvalue weighted by Crippen LogP contribution is 2.32. The first kappa shape index (κ1) is 17.1. The van der Waals surface area contributed by atoms with Crippen LogP contribution in [-0.4, -0.2) is 25.6 Å². The molecule has 0 radical (unpaired) electrons. The molecule has 25 heavy (non-hydrogen) atoms. The van der Waals surface area contributed by atoms with Gasteiger partial charge in [0, 0.05) is 6.54 Å². The molecule has 0 saturated heterocycles. The minimum atomic E-state index is -4.25. The van der Waals surface area contributed by atoms with Crippen LogP contribution in [0.15, 0.2) is 42.5 Å². The molecule has 0 amide bonds. The highest BCUT2D eigenvalue weighted by Gasteiger charge is 2.16. The van der Waals surface area contributed by atoms with Gasteiger partial charge in [-0.25, -0.2) is 4.98 Å². The van der Waals surface area contributed by atoms with E-state index in [4.69, 9.17) is 15.0 Å². The van der Waals surface area contributed by atoms with Gasteiger partial charge in [-0.2, -0.15) is 5.26 Å². The Morgan fingerprint density at radius 3 is 2.52 bits per heavy atom. The predicted octanol–water partition coefficient (Wildman–Crippen LogP) is 1.77. The molecule has 0 fully saturated rings. The second kappa shape index (κ2) is 6.61. The first-order valence-corrected chi connectivity index (χ1v) is 9.04. The molecule has 0 aliphatic heterocycles. The minimum absolute atomic E-state index is 0.0260. The summed E-state index contributed by atoms with van der Waals surface area (Å²) in [6.45, 7) is 0.478. The van der Waals surface area contributed by atoms with Gasteiger partial charge in [-0.3, -0.25) is 9.36 Å². The monoisotopic (exact) mass is 355 g/mol. The number of aryl methyl sites for hydroxylation is 2. The number of aromatic nitrogens is 2.